The van der Waals surface area contributed by atoms with Crippen molar-refractivity contribution in [3.8, 4) is 5.75 Å². The first kappa shape index (κ1) is 26.7. The predicted molar refractivity (Wildman–Crippen MR) is 131 cm³/mol. The summed E-state index contributed by atoms with van der Waals surface area (Å²) in [7, 11) is -4.14. The standard InChI is InChI=1S/C25H24F3N3O4S/c1-3-35-22-11-9-21(10-12-22)31(36(33,34)23-13-7-18(2)8-14-23)17-24(32)30-29-16-19-5-4-6-20(15-19)25(26,27)28/h4-16H,3,17H2,1-2H3,(H,30,32)/b29-16+. The van der Waals surface area contributed by atoms with Gasteiger partial charge in [0.15, 0.2) is 0 Å². The summed E-state index contributed by atoms with van der Waals surface area (Å²) < 4.78 is 71.7. The number of nitrogens with one attached hydrogen (secondary N) is 1. The molecule has 190 valence electrons. The molecule has 1 N–H and O–H groups in total. The number of benzene rings is 3. The highest BCUT2D eigenvalue weighted by atomic mass is 32.2. The molecule has 1 amide bonds. The van der Waals surface area contributed by atoms with Crippen molar-refractivity contribution in [1.29, 1.82) is 0 Å². The fourth-order valence-electron chi connectivity index (χ4n) is 3.17. The molecule has 7 nitrogen and oxygen atoms in total. The van der Waals surface area contributed by atoms with Gasteiger partial charge in [-0.2, -0.15) is 18.3 Å². The SMILES string of the molecule is CCOc1ccc(N(CC(=O)N/N=C/c2cccc(C(F)(F)F)c2)S(=O)(=O)c2ccc(C)cc2)cc1. The Balaban J connectivity index is 1.83. The smallest absolute Gasteiger partial charge is 0.416 e. The molecule has 0 aromatic heterocycles. The molecule has 0 saturated carbocycles. The van der Waals surface area contributed by atoms with Crippen molar-refractivity contribution >= 4 is 27.8 Å². The van der Waals surface area contributed by atoms with Crippen LogP contribution in [0.4, 0.5) is 18.9 Å². The molecule has 0 fully saturated rings. The Kier molecular flexibility index (Phi) is 8.36. The quantitative estimate of drug-likeness (QED) is 0.326. The van der Waals surface area contributed by atoms with Crippen molar-refractivity contribution in [3.63, 3.8) is 0 Å². The van der Waals surface area contributed by atoms with E-state index in [9.17, 15) is 26.4 Å². The first-order chi connectivity index (χ1) is 17.0. The van der Waals surface area contributed by atoms with E-state index in [1.807, 2.05) is 13.8 Å². The fraction of sp³-hybridized carbons (Fsp3) is 0.200. The highest BCUT2D eigenvalue weighted by Crippen LogP contribution is 2.29. The van der Waals surface area contributed by atoms with Gasteiger partial charge in [-0.25, -0.2) is 13.8 Å². The zero-order valence-electron chi connectivity index (χ0n) is 19.5. The number of hydrogen-bond donors (Lipinski definition) is 1. The summed E-state index contributed by atoms with van der Waals surface area (Å²) >= 11 is 0. The molecule has 11 heteroatoms. The van der Waals surface area contributed by atoms with Crippen LogP contribution in [0, 0.1) is 6.92 Å². The summed E-state index contributed by atoms with van der Waals surface area (Å²) in [5.41, 5.74) is 2.51. The van der Waals surface area contributed by atoms with Crippen LogP contribution in [0.25, 0.3) is 0 Å². The van der Waals surface area contributed by atoms with Crippen molar-refractivity contribution in [2.75, 3.05) is 17.5 Å². The highest BCUT2D eigenvalue weighted by Gasteiger charge is 2.30. The number of rotatable bonds is 9. The number of sulfonamides is 1. The molecule has 0 spiro atoms. The minimum Gasteiger partial charge on any atom is -0.494 e. The lowest BCUT2D eigenvalue weighted by molar-refractivity contribution is -0.137. The maximum absolute atomic E-state index is 13.4. The minimum atomic E-state index is -4.52. The number of hydrazone groups is 1. The second kappa shape index (κ2) is 11.3. The van der Waals surface area contributed by atoms with Crippen LogP contribution in [0.3, 0.4) is 0 Å². The zero-order valence-corrected chi connectivity index (χ0v) is 20.3. The number of anilines is 1. The Labute approximate surface area is 207 Å². The van der Waals surface area contributed by atoms with E-state index < -0.39 is 34.2 Å². The molecule has 3 rings (SSSR count). The monoisotopic (exact) mass is 519 g/mol. The topological polar surface area (TPSA) is 88.1 Å². The van der Waals surface area contributed by atoms with Gasteiger partial charge in [0.2, 0.25) is 0 Å². The normalized spacial score (nSPS) is 11.9. The zero-order chi connectivity index (χ0) is 26.3. The fourth-order valence-corrected chi connectivity index (χ4v) is 4.59. The van der Waals surface area contributed by atoms with Gasteiger partial charge >= 0.3 is 6.18 Å². The van der Waals surface area contributed by atoms with Crippen LogP contribution in [0.2, 0.25) is 0 Å². The number of carbonyl (C=O) groups is 1. The molecule has 0 saturated heterocycles. The number of hydrogen-bond acceptors (Lipinski definition) is 5. The summed E-state index contributed by atoms with van der Waals surface area (Å²) in [5, 5.41) is 3.68. The number of halogens is 3. The first-order valence-electron chi connectivity index (χ1n) is 10.8. The van der Waals surface area contributed by atoms with Gasteiger partial charge in [-0.3, -0.25) is 9.10 Å². The van der Waals surface area contributed by atoms with Crippen LogP contribution >= 0.6 is 0 Å². The number of amides is 1. The van der Waals surface area contributed by atoms with Gasteiger partial charge in [0.1, 0.15) is 12.3 Å². The Morgan fingerprint density at radius 2 is 1.72 bits per heavy atom. The summed E-state index contributed by atoms with van der Waals surface area (Å²) in [6, 6.07) is 16.8. The minimum absolute atomic E-state index is 0.0118. The number of ether oxygens (including phenoxy) is 1. The van der Waals surface area contributed by atoms with E-state index in [0.717, 1.165) is 28.2 Å². The molecule has 0 aliphatic rings. The maximum atomic E-state index is 13.4. The molecule has 3 aromatic rings. The van der Waals surface area contributed by atoms with Crippen molar-refractivity contribution in [1.82, 2.24) is 5.43 Å². The average Bonchev–Trinajstić information content (AvgIpc) is 2.83. The molecular formula is C25H24F3N3O4S. The summed E-state index contributed by atoms with van der Waals surface area (Å²) in [5.74, 6) is -0.258. The lowest BCUT2D eigenvalue weighted by atomic mass is 10.1. The van der Waals surface area contributed by atoms with Crippen molar-refractivity contribution in [2.24, 2.45) is 5.10 Å². The third-order valence-corrected chi connectivity index (χ3v) is 6.74. The molecule has 0 atom stereocenters. The maximum Gasteiger partial charge on any atom is 0.416 e. The van der Waals surface area contributed by atoms with E-state index in [4.69, 9.17) is 4.74 Å². The molecule has 0 aliphatic heterocycles. The van der Waals surface area contributed by atoms with Crippen LogP contribution < -0.4 is 14.5 Å². The number of aryl methyl sites for hydroxylation is 1. The van der Waals surface area contributed by atoms with E-state index in [0.29, 0.717) is 12.4 Å². The van der Waals surface area contributed by atoms with E-state index in [1.165, 1.54) is 36.4 Å². The van der Waals surface area contributed by atoms with Crippen molar-refractivity contribution in [3.05, 3.63) is 89.5 Å². The van der Waals surface area contributed by atoms with Crippen LogP contribution in [0.15, 0.2) is 82.8 Å². The molecule has 0 heterocycles. The summed E-state index contributed by atoms with van der Waals surface area (Å²) in [6.45, 7) is 3.43. The lowest BCUT2D eigenvalue weighted by Gasteiger charge is -2.24. The molecule has 36 heavy (non-hydrogen) atoms. The van der Waals surface area contributed by atoms with Gasteiger partial charge in [0.25, 0.3) is 15.9 Å². The van der Waals surface area contributed by atoms with Crippen molar-refractivity contribution < 1.29 is 31.1 Å². The summed E-state index contributed by atoms with van der Waals surface area (Å²) in [6.07, 6.45) is -3.47. The average molecular weight is 520 g/mol. The number of nitrogens with zero attached hydrogens (tertiary/aromatic N) is 2. The lowest BCUT2D eigenvalue weighted by Crippen LogP contribution is -2.39. The second-order valence-electron chi connectivity index (χ2n) is 7.67. The van der Waals surface area contributed by atoms with Gasteiger partial charge in [0.05, 0.1) is 29.0 Å². The van der Waals surface area contributed by atoms with Gasteiger partial charge in [-0.15, -0.1) is 0 Å². The molecule has 0 aliphatic carbocycles. The van der Waals surface area contributed by atoms with Crippen LogP contribution in [0.5, 0.6) is 5.75 Å². The van der Waals surface area contributed by atoms with E-state index >= 15 is 0 Å². The van der Waals surface area contributed by atoms with Gasteiger partial charge in [-0.1, -0.05) is 29.8 Å². The van der Waals surface area contributed by atoms with E-state index in [-0.39, 0.29) is 16.1 Å². The van der Waals surface area contributed by atoms with Gasteiger partial charge in [0, 0.05) is 0 Å². The van der Waals surface area contributed by atoms with E-state index in [2.05, 4.69) is 10.5 Å². The molecular weight excluding hydrogens is 495 g/mol. The van der Waals surface area contributed by atoms with E-state index in [1.54, 1.807) is 24.3 Å². The van der Waals surface area contributed by atoms with Gasteiger partial charge < -0.3 is 4.74 Å². The Hall–Kier alpha value is -3.86. The third-order valence-electron chi connectivity index (χ3n) is 4.95. The molecule has 0 radical (unpaired) electrons. The highest BCUT2D eigenvalue weighted by molar-refractivity contribution is 7.92. The van der Waals surface area contributed by atoms with Crippen LogP contribution in [-0.4, -0.2) is 33.7 Å². The predicted octanol–water partition coefficient (Wildman–Crippen LogP) is 4.76. The third kappa shape index (κ3) is 6.85. The van der Waals surface area contributed by atoms with Crippen LogP contribution in [0.1, 0.15) is 23.6 Å². The molecule has 0 bridgehead atoms. The number of alkyl halides is 3. The first-order valence-corrected chi connectivity index (χ1v) is 12.3. The largest absolute Gasteiger partial charge is 0.494 e. The molecule has 0 unspecified atom stereocenters. The molecule has 3 aromatic carbocycles. The Bertz CT molecular complexity index is 1320. The Morgan fingerprint density at radius 3 is 2.33 bits per heavy atom. The Morgan fingerprint density at radius 1 is 1.06 bits per heavy atom. The van der Waals surface area contributed by atoms with Crippen molar-refractivity contribution in [2.45, 2.75) is 24.9 Å². The van der Waals surface area contributed by atoms with Gasteiger partial charge in [-0.05, 0) is 67.9 Å². The number of carbonyl (C=O) groups excluding carboxylic acids is 1. The second-order valence-corrected chi connectivity index (χ2v) is 9.53. The summed E-state index contributed by atoms with van der Waals surface area (Å²) in [4.78, 5) is 12.6. The van der Waals surface area contributed by atoms with Crippen LogP contribution in [-0.2, 0) is 21.0 Å².